The number of thiol groups is 1. The highest BCUT2D eigenvalue weighted by molar-refractivity contribution is 7.80. The summed E-state index contributed by atoms with van der Waals surface area (Å²) in [5, 5.41) is 0.420. The Bertz CT molecular complexity index is 176. The Hall–Kier alpha value is 0.230. The lowest BCUT2D eigenvalue weighted by Crippen LogP contribution is -2.48. The van der Waals surface area contributed by atoms with Crippen LogP contribution in [0.2, 0.25) is 0 Å². The molecule has 0 rings (SSSR count). The Morgan fingerprint density at radius 2 is 1.50 bits per heavy atom. The lowest BCUT2D eigenvalue weighted by Gasteiger charge is -2.32. The molecular formula is C12H28NO2S+. The molecule has 0 aliphatic heterocycles. The normalized spacial score (nSPS) is 14.8. The van der Waals surface area contributed by atoms with Crippen molar-refractivity contribution in [1.82, 2.24) is 0 Å². The van der Waals surface area contributed by atoms with Crippen LogP contribution in [0.5, 0.6) is 0 Å². The van der Waals surface area contributed by atoms with Gasteiger partial charge in [0, 0.05) is 11.7 Å². The Morgan fingerprint density at radius 1 is 1.06 bits per heavy atom. The fourth-order valence-corrected chi connectivity index (χ4v) is 1.73. The Kier molecular flexibility index (Phi) is 7.64. The Balaban J connectivity index is 4.29. The third-order valence-electron chi connectivity index (χ3n) is 2.21. The largest absolute Gasteiger partial charge is 0.176 e. The molecule has 0 aromatic heterocycles. The second kappa shape index (κ2) is 7.54. The van der Waals surface area contributed by atoms with Crippen molar-refractivity contribution in [1.29, 1.82) is 0 Å². The molecule has 0 bridgehead atoms. The summed E-state index contributed by atoms with van der Waals surface area (Å²) in [7, 11) is 1.97. The van der Waals surface area contributed by atoms with Crippen molar-refractivity contribution in [3.05, 3.63) is 0 Å². The van der Waals surface area contributed by atoms with Crippen LogP contribution in [0.15, 0.2) is 0 Å². The molecule has 0 saturated heterocycles. The van der Waals surface area contributed by atoms with Crippen molar-refractivity contribution in [2.45, 2.75) is 64.9 Å². The van der Waals surface area contributed by atoms with Crippen LogP contribution in [-0.4, -0.2) is 35.9 Å². The summed E-state index contributed by atoms with van der Waals surface area (Å²) in [4.78, 5) is 11.9. The van der Waals surface area contributed by atoms with E-state index >= 15 is 0 Å². The summed E-state index contributed by atoms with van der Waals surface area (Å²) in [6, 6.07) is 0. The molecule has 0 aromatic rings. The molecule has 1 unspecified atom stereocenters. The average Bonchev–Trinajstić information content (AvgIpc) is 2.11. The van der Waals surface area contributed by atoms with E-state index in [1.807, 2.05) is 34.7 Å². The zero-order valence-corrected chi connectivity index (χ0v) is 12.5. The minimum atomic E-state index is 0.156. The van der Waals surface area contributed by atoms with Crippen molar-refractivity contribution in [3.63, 3.8) is 0 Å². The summed E-state index contributed by atoms with van der Waals surface area (Å²) in [6.45, 7) is 11.1. The number of rotatable bonds is 8. The molecule has 98 valence electrons. The maximum Gasteiger partial charge on any atom is 0.143 e. The van der Waals surface area contributed by atoms with Gasteiger partial charge in [-0.25, -0.2) is 0 Å². The molecule has 0 amide bonds. The van der Waals surface area contributed by atoms with Gasteiger partial charge in [-0.1, -0.05) is 6.92 Å². The van der Waals surface area contributed by atoms with Gasteiger partial charge in [-0.3, -0.25) is 0 Å². The van der Waals surface area contributed by atoms with Crippen LogP contribution in [0.3, 0.4) is 0 Å². The van der Waals surface area contributed by atoms with Gasteiger partial charge in [-0.05, 0) is 38.9 Å². The maximum absolute atomic E-state index is 5.82. The van der Waals surface area contributed by atoms with Gasteiger partial charge < -0.3 is 0 Å². The van der Waals surface area contributed by atoms with Gasteiger partial charge in [0.05, 0.1) is 0 Å². The second-order valence-corrected chi connectivity index (χ2v) is 5.63. The molecule has 4 heteroatoms. The van der Waals surface area contributed by atoms with E-state index in [0.29, 0.717) is 5.25 Å². The van der Waals surface area contributed by atoms with Crippen LogP contribution in [0.1, 0.15) is 47.5 Å². The molecule has 3 nitrogen and oxygen atoms in total. The van der Waals surface area contributed by atoms with Gasteiger partial charge in [-0.15, -0.1) is 0 Å². The van der Waals surface area contributed by atoms with Crippen LogP contribution in [-0.2, 0) is 9.68 Å². The standard InChI is InChI=1S/C12H27NO2S/c1-7-12(16)8-9-13(6,14-10(2)3)15-11(4)5/h10-12H,7-9H2,1-6H3/p+1. The van der Waals surface area contributed by atoms with Crippen LogP contribution < -0.4 is 0 Å². The van der Waals surface area contributed by atoms with E-state index in [2.05, 4.69) is 19.6 Å². The first-order valence-corrected chi connectivity index (χ1v) is 6.71. The molecule has 0 aliphatic carbocycles. The molecule has 0 spiro atoms. The molecule has 0 radical (unpaired) electrons. The van der Waals surface area contributed by atoms with Gasteiger partial charge in [0.2, 0.25) is 0 Å². The van der Waals surface area contributed by atoms with Crippen molar-refractivity contribution >= 4 is 12.6 Å². The van der Waals surface area contributed by atoms with E-state index in [9.17, 15) is 0 Å². The second-order valence-electron chi connectivity index (χ2n) is 4.90. The van der Waals surface area contributed by atoms with E-state index in [0.717, 1.165) is 19.4 Å². The first kappa shape index (κ1) is 16.2. The third kappa shape index (κ3) is 7.49. The predicted octanol–water partition coefficient (Wildman–Crippen LogP) is 3.21. The van der Waals surface area contributed by atoms with Gasteiger partial charge in [0.1, 0.15) is 25.8 Å². The molecule has 0 fully saturated rings. The average molecular weight is 250 g/mol. The summed E-state index contributed by atoms with van der Waals surface area (Å²) in [5.74, 6) is 0. The number of hydroxylamine groups is 4. The SMILES string of the molecule is CCC(S)CC[N+](C)(OC(C)C)OC(C)C. The monoisotopic (exact) mass is 250 g/mol. The molecule has 0 N–H and O–H groups in total. The van der Waals surface area contributed by atoms with Crippen LogP contribution in [0.25, 0.3) is 0 Å². The zero-order valence-electron chi connectivity index (χ0n) is 11.6. The highest BCUT2D eigenvalue weighted by Gasteiger charge is 2.29. The summed E-state index contributed by atoms with van der Waals surface area (Å²) in [5.41, 5.74) is 0. The quantitative estimate of drug-likeness (QED) is 0.405. The fraction of sp³-hybridized carbons (Fsp3) is 1.00. The van der Waals surface area contributed by atoms with Gasteiger partial charge in [0.15, 0.2) is 0 Å². The minimum absolute atomic E-state index is 0.156. The van der Waals surface area contributed by atoms with Crippen LogP contribution in [0, 0.1) is 0 Å². The smallest absolute Gasteiger partial charge is 0.143 e. The summed E-state index contributed by atoms with van der Waals surface area (Å²) in [6.07, 6.45) is 2.38. The third-order valence-corrected chi connectivity index (χ3v) is 2.83. The molecule has 16 heavy (non-hydrogen) atoms. The van der Waals surface area contributed by atoms with Gasteiger partial charge >= 0.3 is 0 Å². The van der Waals surface area contributed by atoms with Crippen molar-refractivity contribution in [2.24, 2.45) is 0 Å². The minimum Gasteiger partial charge on any atom is -0.176 e. The molecule has 0 aromatic carbocycles. The number of nitrogens with zero attached hydrogens (tertiary/aromatic N) is 1. The lowest BCUT2D eigenvalue weighted by atomic mass is 10.2. The fourth-order valence-electron chi connectivity index (χ4n) is 1.61. The first-order valence-electron chi connectivity index (χ1n) is 6.19. The van der Waals surface area contributed by atoms with Gasteiger partial charge in [0.25, 0.3) is 0 Å². The summed E-state index contributed by atoms with van der Waals surface area (Å²) >= 11 is 4.50. The maximum atomic E-state index is 5.82. The molecule has 0 heterocycles. The lowest BCUT2D eigenvalue weighted by molar-refractivity contribution is -1.24. The number of hydrogen-bond acceptors (Lipinski definition) is 3. The number of hydrogen-bond donors (Lipinski definition) is 1. The van der Waals surface area contributed by atoms with E-state index in [1.54, 1.807) is 0 Å². The molecule has 0 aliphatic rings. The highest BCUT2D eigenvalue weighted by atomic mass is 32.1. The molecular weight excluding hydrogens is 222 g/mol. The topological polar surface area (TPSA) is 18.5 Å². The predicted molar refractivity (Wildman–Crippen MR) is 71.2 cm³/mol. The highest BCUT2D eigenvalue weighted by Crippen LogP contribution is 2.16. The van der Waals surface area contributed by atoms with E-state index < -0.39 is 0 Å². The van der Waals surface area contributed by atoms with E-state index in [-0.39, 0.29) is 17.0 Å². The molecule has 0 saturated carbocycles. The van der Waals surface area contributed by atoms with Crippen molar-refractivity contribution in [3.8, 4) is 0 Å². The van der Waals surface area contributed by atoms with Crippen LogP contribution in [0.4, 0.5) is 0 Å². The molecule has 1 atom stereocenters. The van der Waals surface area contributed by atoms with Gasteiger partial charge in [-0.2, -0.15) is 22.3 Å². The van der Waals surface area contributed by atoms with E-state index in [1.165, 1.54) is 0 Å². The van der Waals surface area contributed by atoms with Crippen LogP contribution >= 0.6 is 12.6 Å². The Labute approximate surface area is 106 Å². The first-order chi connectivity index (χ1) is 7.29. The van der Waals surface area contributed by atoms with Crippen molar-refractivity contribution in [2.75, 3.05) is 13.6 Å². The zero-order chi connectivity index (χ0) is 12.8. The Morgan fingerprint density at radius 3 is 1.81 bits per heavy atom. The summed E-state index contributed by atoms with van der Waals surface area (Å²) < 4.78 is 0. The van der Waals surface area contributed by atoms with E-state index in [4.69, 9.17) is 9.68 Å². The number of quaternary nitrogens is 1. The van der Waals surface area contributed by atoms with Crippen molar-refractivity contribution < 1.29 is 14.5 Å².